The highest BCUT2D eigenvalue weighted by molar-refractivity contribution is 6.27. The van der Waals surface area contributed by atoms with Gasteiger partial charge in [0.15, 0.2) is 0 Å². The van der Waals surface area contributed by atoms with E-state index in [0.29, 0.717) is 6.29 Å². The third-order valence-electron chi connectivity index (χ3n) is 1.69. The van der Waals surface area contributed by atoms with Gasteiger partial charge >= 0.3 is 0 Å². The van der Waals surface area contributed by atoms with E-state index in [1.807, 2.05) is 0 Å². The second-order valence-corrected chi connectivity index (χ2v) is 3.13. The van der Waals surface area contributed by atoms with E-state index in [-0.39, 0.29) is 11.1 Å². The van der Waals surface area contributed by atoms with Gasteiger partial charge in [-0.25, -0.2) is 8.78 Å². The minimum absolute atomic E-state index is 0.00978. The number of aldehydes is 1. The highest BCUT2D eigenvalue weighted by Crippen LogP contribution is 2.23. The van der Waals surface area contributed by atoms with Gasteiger partial charge in [0, 0.05) is 11.6 Å². The average Bonchev–Trinajstić information content (AvgIpc) is 2.10. The van der Waals surface area contributed by atoms with Crippen molar-refractivity contribution in [3.05, 3.63) is 34.9 Å². The zero-order valence-electron chi connectivity index (χ0n) is 6.85. The van der Waals surface area contributed by atoms with Gasteiger partial charge in [-0.3, -0.25) is 0 Å². The van der Waals surface area contributed by atoms with Crippen LogP contribution in [-0.4, -0.2) is 6.29 Å². The van der Waals surface area contributed by atoms with Crippen molar-refractivity contribution in [2.24, 2.45) is 0 Å². The van der Waals surface area contributed by atoms with Gasteiger partial charge in [0.05, 0.1) is 0 Å². The first-order valence-electron chi connectivity index (χ1n) is 3.61. The molecule has 70 valence electrons. The van der Waals surface area contributed by atoms with E-state index in [0.717, 1.165) is 6.07 Å². The second kappa shape index (κ2) is 3.83. The van der Waals surface area contributed by atoms with Crippen molar-refractivity contribution in [2.45, 2.75) is 12.3 Å². The smallest absolute Gasteiger partial charge is 0.142 e. The van der Waals surface area contributed by atoms with Crippen LogP contribution in [0.3, 0.4) is 0 Å². The van der Waals surface area contributed by atoms with Crippen molar-refractivity contribution in [2.75, 3.05) is 0 Å². The molecule has 1 aromatic rings. The van der Waals surface area contributed by atoms with Crippen molar-refractivity contribution in [1.29, 1.82) is 0 Å². The molecule has 0 aliphatic heterocycles. The summed E-state index contributed by atoms with van der Waals surface area (Å²) in [5, 5.41) is -1.06. The van der Waals surface area contributed by atoms with Gasteiger partial charge in [0.25, 0.3) is 0 Å². The molecule has 0 radical (unpaired) electrons. The number of carbonyl (C=O) groups excluding carboxylic acids is 1. The summed E-state index contributed by atoms with van der Waals surface area (Å²) in [6.07, 6.45) is 0.400. The number of alkyl halides is 1. The summed E-state index contributed by atoms with van der Waals surface area (Å²) in [5.41, 5.74) is 0.277. The molecular weight excluding hydrogens is 198 g/mol. The fourth-order valence-corrected chi connectivity index (χ4v) is 1.13. The van der Waals surface area contributed by atoms with Crippen LogP contribution < -0.4 is 0 Å². The lowest BCUT2D eigenvalue weighted by molar-refractivity contribution is -0.107. The Morgan fingerprint density at radius 1 is 1.38 bits per heavy atom. The van der Waals surface area contributed by atoms with Gasteiger partial charge < -0.3 is 4.79 Å². The van der Waals surface area contributed by atoms with Crippen LogP contribution >= 0.6 is 11.6 Å². The lowest BCUT2D eigenvalue weighted by Crippen LogP contribution is -1.98. The molecule has 0 N–H and O–H groups in total. The maximum absolute atomic E-state index is 13.0. The monoisotopic (exact) mass is 204 g/mol. The summed E-state index contributed by atoms with van der Waals surface area (Å²) >= 11 is 5.49. The Labute approximate surface area is 79.3 Å². The van der Waals surface area contributed by atoms with E-state index in [9.17, 15) is 13.6 Å². The fourth-order valence-electron chi connectivity index (χ4n) is 0.964. The fraction of sp³-hybridized carbons (Fsp3) is 0.222. The zero-order valence-corrected chi connectivity index (χ0v) is 7.61. The van der Waals surface area contributed by atoms with Crippen LogP contribution in [0, 0.1) is 18.6 Å². The quantitative estimate of drug-likeness (QED) is 0.535. The molecule has 0 spiro atoms. The molecule has 0 fully saturated rings. The molecule has 0 aromatic heterocycles. The first kappa shape index (κ1) is 10.1. The van der Waals surface area contributed by atoms with E-state index in [4.69, 9.17) is 11.6 Å². The molecule has 0 aliphatic rings. The number of benzene rings is 1. The Kier molecular flexibility index (Phi) is 2.98. The van der Waals surface area contributed by atoms with Crippen LogP contribution in [0.5, 0.6) is 0 Å². The Morgan fingerprint density at radius 3 is 2.54 bits per heavy atom. The summed E-state index contributed by atoms with van der Waals surface area (Å²) in [4.78, 5) is 10.3. The topological polar surface area (TPSA) is 17.1 Å². The lowest BCUT2D eigenvalue weighted by Gasteiger charge is -2.05. The molecule has 4 heteroatoms. The van der Waals surface area contributed by atoms with Crippen LogP contribution in [0.2, 0.25) is 0 Å². The number of aryl methyl sites for hydroxylation is 1. The first-order valence-corrected chi connectivity index (χ1v) is 4.05. The summed E-state index contributed by atoms with van der Waals surface area (Å²) in [5.74, 6) is -1.44. The SMILES string of the molecule is Cc1cc(C(Cl)C=O)c(F)cc1F. The van der Waals surface area contributed by atoms with Crippen LogP contribution in [0.25, 0.3) is 0 Å². The van der Waals surface area contributed by atoms with Gasteiger partial charge in [0.1, 0.15) is 23.3 Å². The largest absolute Gasteiger partial charge is 0.301 e. The van der Waals surface area contributed by atoms with Crippen molar-refractivity contribution in [1.82, 2.24) is 0 Å². The molecule has 0 aliphatic carbocycles. The predicted molar refractivity (Wildman–Crippen MR) is 45.8 cm³/mol. The minimum atomic E-state index is -1.06. The Morgan fingerprint density at radius 2 is 2.00 bits per heavy atom. The maximum atomic E-state index is 13.0. The zero-order chi connectivity index (χ0) is 10.0. The van der Waals surface area contributed by atoms with E-state index >= 15 is 0 Å². The minimum Gasteiger partial charge on any atom is -0.301 e. The summed E-state index contributed by atoms with van der Waals surface area (Å²) < 4.78 is 25.7. The van der Waals surface area contributed by atoms with Crippen molar-refractivity contribution in [3.63, 3.8) is 0 Å². The van der Waals surface area contributed by atoms with Crippen molar-refractivity contribution >= 4 is 17.9 Å². The molecule has 1 aromatic carbocycles. The Hall–Kier alpha value is -0.960. The van der Waals surface area contributed by atoms with Crippen LogP contribution in [0.4, 0.5) is 8.78 Å². The molecular formula is C9H7ClF2O. The first-order chi connectivity index (χ1) is 6.06. The van der Waals surface area contributed by atoms with E-state index < -0.39 is 17.0 Å². The van der Waals surface area contributed by atoms with Gasteiger partial charge in [-0.05, 0) is 18.6 Å². The molecule has 0 saturated heterocycles. The number of rotatable bonds is 2. The van der Waals surface area contributed by atoms with Crippen molar-refractivity contribution in [3.8, 4) is 0 Å². The standard InChI is InChI=1S/C9H7ClF2O/c1-5-2-6(7(10)4-13)9(12)3-8(5)11/h2-4,7H,1H3. The number of hydrogen-bond acceptors (Lipinski definition) is 1. The molecule has 1 nitrogen and oxygen atoms in total. The molecule has 0 amide bonds. The van der Waals surface area contributed by atoms with Crippen LogP contribution in [-0.2, 0) is 4.79 Å². The highest BCUT2D eigenvalue weighted by atomic mass is 35.5. The molecule has 0 saturated carbocycles. The summed E-state index contributed by atoms with van der Waals surface area (Å²) in [6.45, 7) is 1.48. The maximum Gasteiger partial charge on any atom is 0.142 e. The van der Waals surface area contributed by atoms with Gasteiger partial charge in [-0.15, -0.1) is 11.6 Å². The van der Waals surface area contributed by atoms with Gasteiger partial charge in [-0.2, -0.15) is 0 Å². The second-order valence-electron chi connectivity index (χ2n) is 2.66. The number of halogens is 3. The number of hydrogen-bond donors (Lipinski definition) is 0. The van der Waals surface area contributed by atoms with Crippen LogP contribution in [0.1, 0.15) is 16.5 Å². The van der Waals surface area contributed by atoms with E-state index in [1.165, 1.54) is 13.0 Å². The van der Waals surface area contributed by atoms with Gasteiger partial charge in [-0.1, -0.05) is 0 Å². The average molecular weight is 205 g/mol. The lowest BCUT2D eigenvalue weighted by atomic mass is 10.1. The normalized spacial score (nSPS) is 12.6. The molecule has 1 rings (SSSR count). The summed E-state index contributed by atoms with van der Waals surface area (Å²) in [7, 11) is 0. The molecule has 1 atom stereocenters. The third-order valence-corrected chi connectivity index (χ3v) is 2.03. The van der Waals surface area contributed by atoms with E-state index in [1.54, 1.807) is 0 Å². The summed E-state index contributed by atoms with van der Waals surface area (Å²) in [6, 6.07) is 1.96. The highest BCUT2D eigenvalue weighted by Gasteiger charge is 2.14. The van der Waals surface area contributed by atoms with Crippen LogP contribution in [0.15, 0.2) is 12.1 Å². The predicted octanol–water partition coefficient (Wildman–Crippen LogP) is 2.75. The molecule has 13 heavy (non-hydrogen) atoms. The number of carbonyl (C=O) groups is 1. The molecule has 1 unspecified atom stereocenters. The Balaban J connectivity index is 3.22. The third kappa shape index (κ3) is 2.04. The van der Waals surface area contributed by atoms with E-state index in [2.05, 4.69) is 0 Å². The van der Waals surface area contributed by atoms with Crippen molar-refractivity contribution < 1.29 is 13.6 Å². The Bertz CT molecular complexity index is 339. The van der Waals surface area contributed by atoms with Gasteiger partial charge in [0.2, 0.25) is 0 Å². The molecule has 0 heterocycles. The molecule has 0 bridgehead atoms.